The van der Waals surface area contributed by atoms with Gasteiger partial charge in [0.1, 0.15) is 18.2 Å². The Kier molecular flexibility index (Phi) is 5.21. The Morgan fingerprint density at radius 1 is 0.939 bits per heavy atom. The van der Waals surface area contributed by atoms with Gasteiger partial charge in [-0.05, 0) is 30.7 Å². The first-order valence-electron chi connectivity index (χ1n) is 10.4. The van der Waals surface area contributed by atoms with Crippen LogP contribution in [-0.4, -0.2) is 20.3 Å². The van der Waals surface area contributed by atoms with E-state index in [0.29, 0.717) is 22.6 Å². The molecule has 2 aromatic heterocycles. The van der Waals surface area contributed by atoms with Crippen LogP contribution in [0.1, 0.15) is 22.3 Å². The van der Waals surface area contributed by atoms with Crippen molar-refractivity contribution in [3.8, 4) is 17.3 Å². The molecule has 6 heteroatoms. The second kappa shape index (κ2) is 8.48. The van der Waals surface area contributed by atoms with Gasteiger partial charge in [0.25, 0.3) is 0 Å². The molecule has 0 radical (unpaired) electrons. The lowest BCUT2D eigenvalue weighted by molar-refractivity contribution is 0.624. The number of aryl methyl sites for hydroxylation is 1. The summed E-state index contributed by atoms with van der Waals surface area (Å²) in [5, 5.41) is 13.5. The van der Waals surface area contributed by atoms with E-state index in [4.69, 9.17) is 10.3 Å². The van der Waals surface area contributed by atoms with Crippen LogP contribution in [0.2, 0.25) is 0 Å². The topological polar surface area (TPSA) is 66.3 Å². The highest BCUT2D eigenvalue weighted by Crippen LogP contribution is 2.30. The quantitative estimate of drug-likeness (QED) is 0.334. The van der Waals surface area contributed by atoms with Crippen molar-refractivity contribution < 1.29 is 4.39 Å². The fourth-order valence-electron chi connectivity index (χ4n) is 3.83. The Bertz CT molecular complexity index is 1490. The highest BCUT2D eigenvalue weighted by Gasteiger charge is 2.15. The van der Waals surface area contributed by atoms with Gasteiger partial charge in [0.2, 0.25) is 0 Å². The molecule has 0 aliphatic heterocycles. The van der Waals surface area contributed by atoms with Crippen LogP contribution < -0.4 is 0 Å². The van der Waals surface area contributed by atoms with Gasteiger partial charge in [-0.1, -0.05) is 60.7 Å². The van der Waals surface area contributed by atoms with Crippen LogP contribution in [0.5, 0.6) is 0 Å². The van der Waals surface area contributed by atoms with Crippen molar-refractivity contribution in [2.75, 3.05) is 0 Å². The monoisotopic (exact) mass is 431 g/mol. The number of aliphatic imine (C=N–C) groups is 1. The summed E-state index contributed by atoms with van der Waals surface area (Å²) in [5.41, 5.74) is 6.07. The average molecular weight is 431 g/mol. The van der Waals surface area contributed by atoms with Crippen LogP contribution in [0.3, 0.4) is 0 Å². The lowest BCUT2D eigenvalue weighted by atomic mass is 10.0. The van der Waals surface area contributed by atoms with Crippen molar-refractivity contribution >= 4 is 17.0 Å². The lowest BCUT2D eigenvalue weighted by Crippen LogP contribution is -2.03. The predicted molar refractivity (Wildman–Crippen MR) is 126 cm³/mol. The number of hydrogen-bond donors (Lipinski definition) is 0. The van der Waals surface area contributed by atoms with Crippen LogP contribution in [0.15, 0.2) is 96.2 Å². The van der Waals surface area contributed by atoms with Crippen molar-refractivity contribution in [1.82, 2.24) is 14.6 Å². The molecule has 2 heterocycles. The molecule has 0 atom stereocenters. The molecule has 5 rings (SSSR count). The third-order valence-corrected chi connectivity index (χ3v) is 5.41. The average Bonchev–Trinajstić information content (AvgIpc) is 3.33. The molecule has 0 aliphatic rings. The zero-order valence-electron chi connectivity index (χ0n) is 17.8. The predicted octanol–water partition coefficient (Wildman–Crippen LogP) is 5.88. The maximum absolute atomic E-state index is 14.5. The number of benzene rings is 3. The normalized spacial score (nSPS) is 10.7. The third kappa shape index (κ3) is 3.88. The molecule has 5 nitrogen and oxygen atoms in total. The maximum atomic E-state index is 14.5. The van der Waals surface area contributed by atoms with Gasteiger partial charge in [0.05, 0.1) is 22.7 Å². The minimum absolute atomic E-state index is 0.00991. The molecule has 0 aliphatic carbocycles. The molecule has 0 saturated carbocycles. The zero-order chi connectivity index (χ0) is 22.8. The molecule has 5 aromatic rings. The van der Waals surface area contributed by atoms with Gasteiger partial charge >= 0.3 is 0 Å². The van der Waals surface area contributed by atoms with Crippen molar-refractivity contribution in [3.63, 3.8) is 0 Å². The van der Waals surface area contributed by atoms with E-state index < -0.39 is 5.82 Å². The van der Waals surface area contributed by atoms with Crippen LogP contribution in [0, 0.1) is 24.1 Å². The first-order valence-corrected chi connectivity index (χ1v) is 10.4. The molecule has 0 amide bonds. The second-order valence-corrected chi connectivity index (χ2v) is 7.58. The molecule has 0 bridgehead atoms. The summed E-state index contributed by atoms with van der Waals surface area (Å²) in [7, 11) is 0. The first kappa shape index (κ1) is 20.3. The Morgan fingerprint density at radius 2 is 1.61 bits per heavy atom. The van der Waals surface area contributed by atoms with E-state index in [-0.39, 0.29) is 5.56 Å². The second-order valence-electron chi connectivity index (χ2n) is 7.58. The number of rotatable bonds is 4. The van der Waals surface area contributed by atoms with Crippen molar-refractivity contribution in [3.05, 3.63) is 119 Å². The third-order valence-electron chi connectivity index (χ3n) is 5.41. The highest BCUT2D eigenvalue weighted by molar-refractivity contribution is 6.14. The van der Waals surface area contributed by atoms with Crippen LogP contribution in [0.25, 0.3) is 16.9 Å². The Balaban J connectivity index is 1.74. The van der Waals surface area contributed by atoms with Gasteiger partial charge in [0, 0.05) is 22.8 Å². The van der Waals surface area contributed by atoms with E-state index >= 15 is 0 Å². The van der Waals surface area contributed by atoms with Gasteiger partial charge in [-0.25, -0.2) is 18.9 Å². The Hall–Kier alpha value is -4.63. The van der Waals surface area contributed by atoms with Crippen LogP contribution in [0.4, 0.5) is 10.1 Å². The molecule has 0 saturated heterocycles. The standard InChI is InChI=1S/C27H18FN5/c1-18-12-21(16-29)24(28)15-23(18)25-13-22(14-26-30-17-31-33(25)26)32-27(19-8-4-2-5-9-19)20-10-6-3-7-11-20/h2-15,17H,1H3. The molecule has 33 heavy (non-hydrogen) atoms. The first-order chi connectivity index (χ1) is 16.1. The van der Waals surface area contributed by atoms with Gasteiger partial charge in [-0.3, -0.25) is 0 Å². The number of nitriles is 1. The van der Waals surface area contributed by atoms with Gasteiger partial charge in [-0.15, -0.1) is 0 Å². The lowest BCUT2D eigenvalue weighted by Gasteiger charge is -2.12. The smallest absolute Gasteiger partial charge is 0.158 e. The summed E-state index contributed by atoms with van der Waals surface area (Å²) in [6.07, 6.45) is 1.46. The summed E-state index contributed by atoms with van der Waals surface area (Å²) in [4.78, 5) is 9.33. The van der Waals surface area contributed by atoms with Crippen LogP contribution >= 0.6 is 0 Å². The van der Waals surface area contributed by atoms with Gasteiger partial charge < -0.3 is 0 Å². The fraction of sp³-hybridized carbons (Fsp3) is 0.0370. The zero-order valence-corrected chi connectivity index (χ0v) is 17.8. The van der Waals surface area contributed by atoms with Crippen molar-refractivity contribution in [2.24, 2.45) is 4.99 Å². The minimum Gasteiger partial charge on any atom is -0.248 e. The highest BCUT2D eigenvalue weighted by atomic mass is 19.1. The number of pyridine rings is 1. The molecular formula is C27H18FN5. The summed E-state index contributed by atoms with van der Waals surface area (Å²) >= 11 is 0. The van der Waals surface area contributed by atoms with E-state index in [2.05, 4.69) is 10.1 Å². The number of nitrogens with zero attached hydrogens (tertiary/aromatic N) is 5. The van der Waals surface area contributed by atoms with Crippen LogP contribution in [-0.2, 0) is 0 Å². The van der Waals surface area contributed by atoms with Gasteiger partial charge in [0.15, 0.2) is 5.65 Å². The number of halogens is 1. The van der Waals surface area contributed by atoms with E-state index in [9.17, 15) is 4.39 Å². The Morgan fingerprint density at radius 3 is 2.24 bits per heavy atom. The van der Waals surface area contributed by atoms with Crippen molar-refractivity contribution in [2.45, 2.75) is 6.92 Å². The molecule has 0 fully saturated rings. The molecule has 3 aromatic carbocycles. The van der Waals surface area contributed by atoms with Crippen molar-refractivity contribution in [1.29, 1.82) is 5.26 Å². The van der Waals surface area contributed by atoms with E-state index in [1.165, 1.54) is 12.4 Å². The summed E-state index contributed by atoms with van der Waals surface area (Å²) in [6, 6.07) is 28.4. The van der Waals surface area contributed by atoms with Gasteiger partial charge in [-0.2, -0.15) is 10.4 Å². The summed E-state index contributed by atoms with van der Waals surface area (Å²) in [6.45, 7) is 1.84. The van der Waals surface area contributed by atoms with E-state index in [0.717, 1.165) is 22.4 Å². The number of fused-ring (bicyclic) bond motifs is 1. The number of aromatic nitrogens is 3. The minimum atomic E-state index is -0.575. The largest absolute Gasteiger partial charge is 0.248 e. The van der Waals surface area contributed by atoms with E-state index in [1.54, 1.807) is 10.6 Å². The molecule has 0 spiro atoms. The fourth-order valence-corrected chi connectivity index (χ4v) is 3.83. The summed E-state index contributed by atoms with van der Waals surface area (Å²) in [5.74, 6) is -0.575. The Labute approximate surface area is 190 Å². The SMILES string of the molecule is Cc1cc(C#N)c(F)cc1-c1cc(N=C(c2ccccc2)c2ccccc2)cc2ncnn12. The number of hydrogen-bond acceptors (Lipinski definition) is 4. The molecule has 0 N–H and O–H groups in total. The van der Waals surface area contributed by atoms with E-state index in [1.807, 2.05) is 85.8 Å². The molecular weight excluding hydrogens is 413 g/mol. The summed E-state index contributed by atoms with van der Waals surface area (Å²) < 4.78 is 16.2. The molecule has 158 valence electrons. The maximum Gasteiger partial charge on any atom is 0.158 e. The molecule has 0 unspecified atom stereocenters.